The fraction of sp³-hybridized carbons (Fsp3) is 0.692. The molecule has 1 fully saturated rings. The van der Waals surface area contributed by atoms with Gasteiger partial charge in [-0.25, -0.2) is 4.79 Å². The standard InChI is InChI=1S/C13H21N3O2/c1-9-3-5-11(6-4-9)18-13(17)12(14)10-7-15-16(2)8-10/h7-9,11-12H,3-6,14H2,1-2H3. The van der Waals surface area contributed by atoms with E-state index >= 15 is 0 Å². The second kappa shape index (κ2) is 5.52. The average Bonchev–Trinajstić information content (AvgIpc) is 2.78. The van der Waals surface area contributed by atoms with E-state index in [2.05, 4.69) is 12.0 Å². The topological polar surface area (TPSA) is 70.1 Å². The molecule has 100 valence electrons. The molecule has 1 heterocycles. The van der Waals surface area contributed by atoms with E-state index in [4.69, 9.17) is 10.5 Å². The van der Waals surface area contributed by atoms with Gasteiger partial charge in [-0.1, -0.05) is 6.92 Å². The molecule has 1 atom stereocenters. The van der Waals surface area contributed by atoms with Gasteiger partial charge >= 0.3 is 5.97 Å². The van der Waals surface area contributed by atoms with Crippen molar-refractivity contribution in [1.29, 1.82) is 0 Å². The van der Waals surface area contributed by atoms with Crippen LogP contribution in [0.1, 0.15) is 44.2 Å². The first-order chi connectivity index (χ1) is 8.56. The maximum absolute atomic E-state index is 11.9. The van der Waals surface area contributed by atoms with E-state index in [1.807, 2.05) is 0 Å². The molecule has 0 amide bonds. The fourth-order valence-corrected chi connectivity index (χ4v) is 2.32. The summed E-state index contributed by atoms with van der Waals surface area (Å²) < 4.78 is 7.09. The molecule has 2 rings (SSSR count). The number of carbonyl (C=O) groups is 1. The first-order valence-electron chi connectivity index (χ1n) is 6.51. The van der Waals surface area contributed by atoms with Gasteiger partial charge in [0, 0.05) is 18.8 Å². The van der Waals surface area contributed by atoms with Crippen LogP contribution in [0, 0.1) is 5.92 Å². The monoisotopic (exact) mass is 251 g/mol. The maximum atomic E-state index is 11.9. The largest absolute Gasteiger partial charge is 0.461 e. The van der Waals surface area contributed by atoms with Crippen molar-refractivity contribution in [2.75, 3.05) is 0 Å². The van der Waals surface area contributed by atoms with E-state index in [1.165, 1.54) is 0 Å². The van der Waals surface area contributed by atoms with Crippen molar-refractivity contribution in [3.8, 4) is 0 Å². The Bertz CT molecular complexity index is 408. The van der Waals surface area contributed by atoms with Crippen LogP contribution in [-0.2, 0) is 16.6 Å². The zero-order chi connectivity index (χ0) is 13.1. The second-order valence-electron chi connectivity index (χ2n) is 5.24. The minimum atomic E-state index is -0.724. The van der Waals surface area contributed by atoms with E-state index in [0.29, 0.717) is 5.56 Å². The van der Waals surface area contributed by atoms with E-state index in [9.17, 15) is 4.79 Å². The van der Waals surface area contributed by atoms with Crippen molar-refractivity contribution in [2.24, 2.45) is 18.7 Å². The van der Waals surface area contributed by atoms with Gasteiger partial charge in [0.05, 0.1) is 6.20 Å². The van der Waals surface area contributed by atoms with E-state index in [1.54, 1.807) is 24.1 Å². The third-order valence-corrected chi connectivity index (χ3v) is 3.58. The summed E-state index contributed by atoms with van der Waals surface area (Å²) in [6.07, 6.45) is 7.54. The summed E-state index contributed by atoms with van der Waals surface area (Å²) in [4.78, 5) is 11.9. The highest BCUT2D eigenvalue weighted by molar-refractivity contribution is 5.77. The molecule has 1 saturated carbocycles. The van der Waals surface area contributed by atoms with Crippen molar-refractivity contribution in [2.45, 2.75) is 44.8 Å². The summed E-state index contributed by atoms with van der Waals surface area (Å²) in [6, 6.07) is -0.724. The molecule has 1 unspecified atom stereocenters. The molecule has 1 aromatic rings. The summed E-state index contributed by atoms with van der Waals surface area (Å²) in [5.74, 6) is 0.398. The van der Waals surface area contributed by atoms with E-state index in [0.717, 1.165) is 31.6 Å². The average molecular weight is 251 g/mol. The number of hydrogen-bond acceptors (Lipinski definition) is 4. The van der Waals surface area contributed by atoms with Gasteiger partial charge in [-0.05, 0) is 31.6 Å². The highest BCUT2D eigenvalue weighted by atomic mass is 16.5. The Kier molecular flexibility index (Phi) is 4.01. The van der Waals surface area contributed by atoms with Gasteiger partial charge in [0.2, 0.25) is 0 Å². The lowest BCUT2D eigenvalue weighted by atomic mass is 9.89. The lowest BCUT2D eigenvalue weighted by Gasteiger charge is -2.26. The number of ether oxygens (including phenoxy) is 1. The molecular formula is C13H21N3O2. The van der Waals surface area contributed by atoms with Crippen LogP contribution in [0.15, 0.2) is 12.4 Å². The molecule has 0 saturated heterocycles. The zero-order valence-corrected chi connectivity index (χ0v) is 11.0. The molecule has 1 aliphatic carbocycles. The van der Waals surface area contributed by atoms with E-state index in [-0.39, 0.29) is 12.1 Å². The van der Waals surface area contributed by atoms with Gasteiger partial charge in [-0.15, -0.1) is 0 Å². The van der Waals surface area contributed by atoms with Gasteiger partial charge in [-0.3, -0.25) is 4.68 Å². The molecule has 18 heavy (non-hydrogen) atoms. The van der Waals surface area contributed by atoms with Crippen molar-refractivity contribution in [3.63, 3.8) is 0 Å². The predicted octanol–water partition coefficient (Wildman–Crippen LogP) is 1.54. The summed E-state index contributed by atoms with van der Waals surface area (Å²) >= 11 is 0. The first kappa shape index (κ1) is 13.1. The molecule has 1 aliphatic rings. The Labute approximate surface area is 107 Å². The number of aryl methyl sites for hydroxylation is 1. The number of aromatic nitrogens is 2. The lowest BCUT2D eigenvalue weighted by molar-refractivity contribution is -0.152. The van der Waals surface area contributed by atoms with Gasteiger partial charge in [0.1, 0.15) is 12.1 Å². The molecular weight excluding hydrogens is 230 g/mol. The van der Waals surface area contributed by atoms with Gasteiger partial charge in [0.25, 0.3) is 0 Å². The van der Waals surface area contributed by atoms with Crippen molar-refractivity contribution in [3.05, 3.63) is 18.0 Å². The van der Waals surface area contributed by atoms with Crippen LogP contribution < -0.4 is 5.73 Å². The minimum Gasteiger partial charge on any atom is -0.461 e. The molecule has 5 heteroatoms. The van der Waals surface area contributed by atoms with Crippen LogP contribution >= 0.6 is 0 Å². The van der Waals surface area contributed by atoms with E-state index < -0.39 is 6.04 Å². The maximum Gasteiger partial charge on any atom is 0.327 e. The van der Waals surface area contributed by atoms with Crippen molar-refractivity contribution in [1.82, 2.24) is 9.78 Å². The molecule has 5 nitrogen and oxygen atoms in total. The van der Waals surface area contributed by atoms with Gasteiger partial charge in [0.15, 0.2) is 0 Å². The molecule has 0 aliphatic heterocycles. The number of esters is 1. The molecule has 0 aromatic carbocycles. The highest BCUT2D eigenvalue weighted by Gasteiger charge is 2.25. The Hall–Kier alpha value is -1.36. The zero-order valence-electron chi connectivity index (χ0n) is 11.0. The van der Waals surface area contributed by atoms with Gasteiger partial charge in [-0.2, -0.15) is 5.10 Å². The predicted molar refractivity (Wildman–Crippen MR) is 67.6 cm³/mol. The van der Waals surface area contributed by atoms with Crippen LogP contribution in [0.25, 0.3) is 0 Å². The molecule has 0 bridgehead atoms. The van der Waals surface area contributed by atoms with Gasteiger partial charge < -0.3 is 10.5 Å². The van der Waals surface area contributed by atoms with Crippen LogP contribution in [0.2, 0.25) is 0 Å². The Morgan fingerprint density at radius 3 is 2.72 bits per heavy atom. The highest BCUT2D eigenvalue weighted by Crippen LogP contribution is 2.26. The summed E-state index contributed by atoms with van der Waals surface area (Å²) in [5.41, 5.74) is 6.57. The third kappa shape index (κ3) is 3.10. The number of nitrogens with zero attached hydrogens (tertiary/aromatic N) is 2. The first-order valence-corrected chi connectivity index (χ1v) is 6.51. The lowest BCUT2D eigenvalue weighted by Crippen LogP contribution is -2.30. The number of nitrogens with two attached hydrogens (primary N) is 1. The Morgan fingerprint density at radius 2 is 2.17 bits per heavy atom. The number of carbonyl (C=O) groups excluding carboxylic acids is 1. The minimum absolute atomic E-state index is 0.0384. The van der Waals surface area contributed by atoms with Crippen LogP contribution in [0.3, 0.4) is 0 Å². The SMILES string of the molecule is CC1CCC(OC(=O)C(N)c2cnn(C)c2)CC1. The fourth-order valence-electron chi connectivity index (χ4n) is 2.32. The second-order valence-corrected chi connectivity index (χ2v) is 5.24. The molecule has 2 N–H and O–H groups in total. The summed E-state index contributed by atoms with van der Waals surface area (Å²) in [7, 11) is 1.80. The van der Waals surface area contributed by atoms with Crippen LogP contribution in [0.5, 0.6) is 0 Å². The number of hydrogen-bond donors (Lipinski definition) is 1. The Balaban J connectivity index is 1.88. The Morgan fingerprint density at radius 1 is 1.50 bits per heavy atom. The quantitative estimate of drug-likeness (QED) is 0.827. The van der Waals surface area contributed by atoms with Crippen LogP contribution in [0.4, 0.5) is 0 Å². The molecule has 0 radical (unpaired) electrons. The molecule has 1 aromatic heterocycles. The molecule has 0 spiro atoms. The van der Waals surface area contributed by atoms with Crippen LogP contribution in [-0.4, -0.2) is 21.9 Å². The normalized spacial score (nSPS) is 25.7. The van der Waals surface area contributed by atoms with Crippen molar-refractivity contribution < 1.29 is 9.53 Å². The third-order valence-electron chi connectivity index (χ3n) is 3.58. The summed E-state index contributed by atoms with van der Waals surface area (Å²) in [6.45, 7) is 2.24. The number of rotatable bonds is 3. The summed E-state index contributed by atoms with van der Waals surface area (Å²) in [5, 5.41) is 4.01. The smallest absolute Gasteiger partial charge is 0.327 e. The van der Waals surface area contributed by atoms with Crippen molar-refractivity contribution >= 4 is 5.97 Å².